The predicted molar refractivity (Wildman–Crippen MR) is 105 cm³/mol. The minimum absolute atomic E-state index is 0.0645. The summed E-state index contributed by atoms with van der Waals surface area (Å²) in [6.45, 7) is 2.50. The number of halogens is 2. The van der Waals surface area contributed by atoms with Gasteiger partial charge in [0.2, 0.25) is 11.8 Å². The molecule has 0 spiro atoms. The van der Waals surface area contributed by atoms with Crippen molar-refractivity contribution in [2.24, 2.45) is 0 Å². The molecule has 1 aliphatic rings. The van der Waals surface area contributed by atoms with Crippen LogP contribution >= 0.6 is 47.2 Å². The molecule has 1 fully saturated rings. The molecule has 24 heavy (non-hydrogen) atoms. The summed E-state index contributed by atoms with van der Waals surface area (Å²) in [5, 5.41) is 3.58. The number of anilines is 1. The number of rotatable bonds is 7. The van der Waals surface area contributed by atoms with Crippen LogP contribution in [0.25, 0.3) is 0 Å². The first-order valence-corrected chi connectivity index (χ1v) is 9.70. The number of carbonyl (C=O) groups is 2. The average Bonchev–Trinajstić information content (AvgIpc) is 2.76. The highest BCUT2D eigenvalue weighted by Crippen LogP contribution is 2.27. The molecule has 130 valence electrons. The molecule has 1 N–H and O–H groups in total. The molecule has 0 radical (unpaired) electrons. The van der Waals surface area contributed by atoms with Gasteiger partial charge in [-0.15, -0.1) is 0 Å². The first-order chi connectivity index (χ1) is 11.4. The standard InChI is InChI=1S/C16H18Cl2N2O2S2/c1-10-15(22)20(16(23)24-10)8-4-2-3-5-14(21)19-11-6-7-12(17)13(18)9-11/h6-7,9-10H,2-5,8H2,1H3,(H,19,21). The van der Waals surface area contributed by atoms with Crippen LogP contribution in [-0.2, 0) is 9.59 Å². The molecule has 8 heteroatoms. The summed E-state index contributed by atoms with van der Waals surface area (Å²) in [5.74, 6) is 0.0210. The summed E-state index contributed by atoms with van der Waals surface area (Å²) < 4.78 is 0.657. The van der Waals surface area contributed by atoms with Crippen LogP contribution in [0.2, 0.25) is 10.0 Å². The number of hydrogen-bond donors (Lipinski definition) is 1. The molecule has 2 rings (SSSR count). The molecule has 1 atom stereocenters. The Morgan fingerprint density at radius 1 is 1.29 bits per heavy atom. The second kappa shape index (κ2) is 9.04. The Morgan fingerprint density at radius 3 is 2.67 bits per heavy atom. The molecule has 1 aromatic rings. The predicted octanol–water partition coefficient (Wildman–Crippen LogP) is 4.74. The summed E-state index contributed by atoms with van der Waals surface area (Å²) in [4.78, 5) is 25.4. The van der Waals surface area contributed by atoms with Crippen molar-refractivity contribution in [1.82, 2.24) is 4.90 Å². The Morgan fingerprint density at radius 2 is 2.04 bits per heavy atom. The van der Waals surface area contributed by atoms with Gasteiger partial charge in [-0.05, 0) is 38.0 Å². The van der Waals surface area contributed by atoms with E-state index in [0.717, 1.165) is 19.3 Å². The monoisotopic (exact) mass is 404 g/mol. The van der Waals surface area contributed by atoms with Gasteiger partial charge in [0, 0.05) is 18.7 Å². The Kier molecular flexibility index (Phi) is 7.34. The summed E-state index contributed by atoms with van der Waals surface area (Å²) in [6, 6.07) is 4.99. The zero-order valence-electron chi connectivity index (χ0n) is 13.2. The summed E-state index contributed by atoms with van der Waals surface area (Å²) in [5.41, 5.74) is 0.633. The van der Waals surface area contributed by atoms with E-state index in [1.54, 1.807) is 23.1 Å². The van der Waals surface area contributed by atoms with E-state index in [9.17, 15) is 9.59 Å². The summed E-state index contributed by atoms with van der Waals surface area (Å²) in [7, 11) is 0. The number of thioether (sulfide) groups is 1. The topological polar surface area (TPSA) is 49.4 Å². The molecular weight excluding hydrogens is 387 g/mol. The van der Waals surface area contributed by atoms with Gasteiger partial charge in [0.15, 0.2) is 0 Å². The van der Waals surface area contributed by atoms with Gasteiger partial charge in [-0.25, -0.2) is 0 Å². The fraction of sp³-hybridized carbons (Fsp3) is 0.438. The number of nitrogens with zero attached hydrogens (tertiary/aromatic N) is 1. The lowest BCUT2D eigenvalue weighted by atomic mass is 10.1. The van der Waals surface area contributed by atoms with Gasteiger partial charge in [0.1, 0.15) is 4.32 Å². The minimum Gasteiger partial charge on any atom is -0.326 e. The molecule has 0 bridgehead atoms. The van der Waals surface area contributed by atoms with E-state index in [0.29, 0.717) is 33.0 Å². The molecule has 0 saturated carbocycles. The number of carbonyl (C=O) groups excluding carboxylic acids is 2. The maximum Gasteiger partial charge on any atom is 0.241 e. The quantitative estimate of drug-likeness (QED) is 0.526. The highest BCUT2D eigenvalue weighted by atomic mass is 35.5. The molecule has 1 saturated heterocycles. The maximum absolute atomic E-state index is 11.9. The van der Waals surface area contributed by atoms with Gasteiger partial charge in [0.25, 0.3) is 0 Å². The van der Waals surface area contributed by atoms with E-state index in [1.165, 1.54) is 11.8 Å². The van der Waals surface area contributed by atoms with Gasteiger partial charge >= 0.3 is 0 Å². The van der Waals surface area contributed by atoms with Crippen LogP contribution in [0.4, 0.5) is 5.69 Å². The van der Waals surface area contributed by atoms with Crippen LogP contribution in [-0.4, -0.2) is 32.8 Å². The van der Waals surface area contributed by atoms with Crippen LogP contribution in [0.15, 0.2) is 18.2 Å². The van der Waals surface area contributed by atoms with E-state index in [-0.39, 0.29) is 17.1 Å². The fourth-order valence-electron chi connectivity index (χ4n) is 2.31. The van der Waals surface area contributed by atoms with Gasteiger partial charge < -0.3 is 5.32 Å². The maximum atomic E-state index is 11.9. The lowest BCUT2D eigenvalue weighted by Gasteiger charge is -2.14. The van der Waals surface area contributed by atoms with Gasteiger partial charge in [-0.2, -0.15) is 0 Å². The van der Waals surface area contributed by atoms with Crippen LogP contribution in [0.3, 0.4) is 0 Å². The third-order valence-electron chi connectivity index (χ3n) is 3.60. The van der Waals surface area contributed by atoms with E-state index in [2.05, 4.69) is 5.32 Å². The van der Waals surface area contributed by atoms with Crippen molar-refractivity contribution >= 4 is 69.0 Å². The number of hydrogen-bond acceptors (Lipinski definition) is 4. The number of nitrogens with one attached hydrogen (secondary N) is 1. The second-order valence-corrected chi connectivity index (χ2v) is 8.29. The lowest BCUT2D eigenvalue weighted by molar-refractivity contribution is -0.125. The molecular formula is C16H18Cl2N2O2S2. The zero-order chi connectivity index (χ0) is 17.7. The number of thiocarbonyl (C=S) groups is 1. The molecule has 0 aliphatic carbocycles. The van der Waals surface area contributed by atoms with Crippen LogP contribution in [0.5, 0.6) is 0 Å². The molecule has 1 heterocycles. The first kappa shape index (κ1) is 19.5. The largest absolute Gasteiger partial charge is 0.326 e. The zero-order valence-corrected chi connectivity index (χ0v) is 16.3. The average molecular weight is 405 g/mol. The molecule has 2 amide bonds. The highest BCUT2D eigenvalue weighted by Gasteiger charge is 2.32. The van der Waals surface area contributed by atoms with Crippen LogP contribution in [0.1, 0.15) is 32.6 Å². The van der Waals surface area contributed by atoms with Gasteiger partial charge in [0.05, 0.1) is 15.3 Å². The van der Waals surface area contributed by atoms with Gasteiger partial charge in [-0.1, -0.05) is 53.6 Å². The molecule has 0 aromatic heterocycles. The van der Waals surface area contributed by atoms with Crippen LogP contribution in [0, 0.1) is 0 Å². The van der Waals surface area contributed by atoms with Crippen LogP contribution < -0.4 is 5.32 Å². The van der Waals surface area contributed by atoms with Crippen molar-refractivity contribution in [2.45, 2.75) is 37.9 Å². The van der Waals surface area contributed by atoms with E-state index >= 15 is 0 Å². The normalized spacial score (nSPS) is 17.5. The van der Waals surface area contributed by atoms with Crippen molar-refractivity contribution in [3.05, 3.63) is 28.2 Å². The van der Waals surface area contributed by atoms with E-state index < -0.39 is 0 Å². The summed E-state index contributed by atoms with van der Waals surface area (Å²) >= 11 is 18.4. The molecule has 1 aliphatic heterocycles. The van der Waals surface area contributed by atoms with E-state index in [4.69, 9.17) is 35.4 Å². The molecule has 1 aromatic carbocycles. The van der Waals surface area contributed by atoms with Crippen molar-refractivity contribution in [3.8, 4) is 0 Å². The third-order valence-corrected chi connectivity index (χ3v) is 5.83. The number of benzene rings is 1. The Hall–Kier alpha value is -0.820. The third kappa shape index (κ3) is 5.34. The fourth-order valence-corrected chi connectivity index (χ4v) is 4.06. The Bertz CT molecular complexity index is 655. The van der Waals surface area contributed by atoms with Crippen molar-refractivity contribution in [3.63, 3.8) is 0 Å². The number of unbranched alkanes of at least 4 members (excludes halogenated alkanes) is 2. The molecule has 4 nitrogen and oxygen atoms in total. The highest BCUT2D eigenvalue weighted by molar-refractivity contribution is 8.24. The van der Waals surface area contributed by atoms with Crippen molar-refractivity contribution in [1.29, 1.82) is 0 Å². The Labute approximate surface area is 161 Å². The SMILES string of the molecule is CC1SC(=S)N(CCCCCC(=O)Nc2ccc(Cl)c(Cl)c2)C1=O. The molecule has 1 unspecified atom stereocenters. The Balaban J connectivity index is 1.65. The smallest absolute Gasteiger partial charge is 0.241 e. The van der Waals surface area contributed by atoms with Crippen molar-refractivity contribution in [2.75, 3.05) is 11.9 Å². The number of amides is 2. The van der Waals surface area contributed by atoms with Crippen molar-refractivity contribution < 1.29 is 9.59 Å². The van der Waals surface area contributed by atoms with E-state index in [1.807, 2.05) is 6.92 Å². The lowest BCUT2D eigenvalue weighted by Crippen LogP contribution is -2.31. The first-order valence-electron chi connectivity index (χ1n) is 7.65. The summed E-state index contributed by atoms with van der Waals surface area (Å²) in [6.07, 6.45) is 2.87. The van der Waals surface area contributed by atoms with Gasteiger partial charge in [-0.3, -0.25) is 14.5 Å². The second-order valence-electron chi connectivity index (χ2n) is 5.50. The minimum atomic E-state index is -0.0746.